The summed E-state index contributed by atoms with van der Waals surface area (Å²) in [6.45, 7) is 0. The molecule has 0 spiro atoms. The highest BCUT2D eigenvalue weighted by molar-refractivity contribution is 6.40. The minimum Gasteiger partial charge on any atom is -0.421 e. The number of fused-ring (bicyclic) bond motifs is 1. The van der Waals surface area contributed by atoms with Crippen molar-refractivity contribution in [2.45, 2.75) is 6.18 Å². The Balaban J connectivity index is 1.95. The number of carbonyl (C=O) groups excluding carboxylic acids is 1. The maximum atomic E-state index is 12.6. The summed E-state index contributed by atoms with van der Waals surface area (Å²) in [6, 6.07) is 12.1. The van der Waals surface area contributed by atoms with Crippen LogP contribution in [-0.4, -0.2) is 5.97 Å². The van der Waals surface area contributed by atoms with Crippen molar-refractivity contribution in [3.05, 3.63) is 75.8 Å². The highest BCUT2D eigenvalue weighted by Gasteiger charge is 2.30. The van der Waals surface area contributed by atoms with Crippen molar-refractivity contribution < 1.29 is 22.7 Å². The molecule has 0 aliphatic heterocycles. The van der Waals surface area contributed by atoms with Crippen LogP contribution in [0.15, 0.2) is 54.6 Å². The number of esters is 1. The molecule has 0 heterocycles. The predicted molar refractivity (Wildman–Crippen MR) is 90.4 cm³/mol. The molecule has 0 saturated heterocycles. The smallest absolute Gasteiger partial charge is 0.416 e. The fourth-order valence-electron chi connectivity index (χ4n) is 2.32. The van der Waals surface area contributed by atoms with Gasteiger partial charge in [0.2, 0.25) is 0 Å². The Morgan fingerprint density at radius 2 is 1.48 bits per heavy atom. The molecule has 0 aromatic heterocycles. The first-order chi connectivity index (χ1) is 11.8. The Morgan fingerprint density at radius 1 is 0.880 bits per heavy atom. The summed E-state index contributed by atoms with van der Waals surface area (Å²) in [6.07, 6.45) is -4.47. The zero-order chi connectivity index (χ0) is 18.2. The van der Waals surface area contributed by atoms with Crippen LogP contribution < -0.4 is 4.74 Å². The number of carbonyl (C=O) groups is 1. The van der Waals surface area contributed by atoms with Crippen LogP contribution >= 0.6 is 23.2 Å². The van der Waals surface area contributed by atoms with Crippen molar-refractivity contribution in [1.82, 2.24) is 0 Å². The van der Waals surface area contributed by atoms with E-state index in [9.17, 15) is 18.0 Å². The molecule has 2 nitrogen and oxygen atoms in total. The normalized spacial score (nSPS) is 11.6. The van der Waals surface area contributed by atoms with E-state index in [-0.39, 0.29) is 16.3 Å². The van der Waals surface area contributed by atoms with Crippen LogP contribution in [-0.2, 0) is 6.18 Å². The van der Waals surface area contributed by atoms with Gasteiger partial charge in [0.15, 0.2) is 5.75 Å². The van der Waals surface area contributed by atoms with Gasteiger partial charge < -0.3 is 4.74 Å². The van der Waals surface area contributed by atoms with Gasteiger partial charge in [0.1, 0.15) is 0 Å². The monoisotopic (exact) mass is 384 g/mol. The van der Waals surface area contributed by atoms with E-state index in [1.807, 2.05) is 0 Å². The van der Waals surface area contributed by atoms with Gasteiger partial charge in [-0.15, -0.1) is 0 Å². The van der Waals surface area contributed by atoms with Gasteiger partial charge >= 0.3 is 12.1 Å². The minimum absolute atomic E-state index is 0.0249. The quantitative estimate of drug-likeness (QED) is 0.378. The van der Waals surface area contributed by atoms with Crippen LogP contribution in [0, 0.1) is 0 Å². The first-order valence-electron chi connectivity index (χ1n) is 7.03. The highest BCUT2D eigenvalue weighted by atomic mass is 35.5. The second-order valence-corrected chi connectivity index (χ2v) is 5.99. The lowest BCUT2D eigenvalue weighted by molar-refractivity contribution is -0.137. The molecule has 0 saturated carbocycles. The molecule has 0 aliphatic carbocycles. The largest absolute Gasteiger partial charge is 0.421 e. The second-order valence-electron chi connectivity index (χ2n) is 5.18. The van der Waals surface area contributed by atoms with E-state index in [4.69, 9.17) is 27.9 Å². The number of halogens is 5. The standard InChI is InChI=1S/C18H9Cl2F3O2/c19-14-9-15(20)16(13-4-2-1-3-12(13)14)25-17(24)10-5-7-11(8-6-10)18(21,22)23/h1-9H. The lowest BCUT2D eigenvalue weighted by atomic mass is 10.1. The Hall–Kier alpha value is -2.24. The molecule has 0 bridgehead atoms. The van der Waals surface area contributed by atoms with Gasteiger partial charge in [0.25, 0.3) is 0 Å². The molecule has 3 aromatic rings. The molecular weight excluding hydrogens is 376 g/mol. The van der Waals surface area contributed by atoms with Gasteiger partial charge in [0, 0.05) is 10.8 Å². The van der Waals surface area contributed by atoms with Gasteiger partial charge in [-0.25, -0.2) is 4.79 Å². The van der Waals surface area contributed by atoms with E-state index in [2.05, 4.69) is 0 Å². The number of alkyl halides is 3. The molecule has 0 fully saturated rings. The molecule has 0 N–H and O–H groups in total. The van der Waals surface area contributed by atoms with Crippen molar-refractivity contribution >= 4 is 39.9 Å². The molecule has 0 atom stereocenters. The van der Waals surface area contributed by atoms with Crippen molar-refractivity contribution in [2.75, 3.05) is 0 Å². The highest BCUT2D eigenvalue weighted by Crippen LogP contribution is 2.38. The summed E-state index contributed by atoms with van der Waals surface area (Å²) in [5.74, 6) is -0.713. The third-order valence-electron chi connectivity index (χ3n) is 3.54. The Morgan fingerprint density at radius 3 is 2.08 bits per heavy atom. The second kappa shape index (κ2) is 6.58. The van der Waals surface area contributed by atoms with Gasteiger partial charge in [0.05, 0.1) is 21.2 Å². The van der Waals surface area contributed by atoms with Crippen LogP contribution in [0.4, 0.5) is 13.2 Å². The van der Waals surface area contributed by atoms with Gasteiger partial charge in [-0.3, -0.25) is 0 Å². The number of hydrogen-bond donors (Lipinski definition) is 0. The SMILES string of the molecule is O=C(Oc1c(Cl)cc(Cl)c2ccccc12)c1ccc(C(F)(F)F)cc1. The summed E-state index contributed by atoms with van der Waals surface area (Å²) >= 11 is 12.2. The molecule has 0 amide bonds. The average molecular weight is 385 g/mol. The Kier molecular flexibility index (Phi) is 4.62. The summed E-state index contributed by atoms with van der Waals surface area (Å²) in [5, 5.41) is 1.70. The van der Waals surface area contributed by atoms with Gasteiger partial charge in [-0.2, -0.15) is 13.2 Å². The molecule has 0 unspecified atom stereocenters. The summed E-state index contributed by atoms with van der Waals surface area (Å²) in [5.41, 5.74) is -0.873. The van der Waals surface area contributed by atoms with E-state index in [1.165, 1.54) is 6.07 Å². The Labute approximate surface area is 150 Å². The first-order valence-corrected chi connectivity index (χ1v) is 7.79. The molecule has 25 heavy (non-hydrogen) atoms. The fraction of sp³-hybridized carbons (Fsp3) is 0.0556. The van der Waals surface area contributed by atoms with E-state index < -0.39 is 17.7 Å². The van der Waals surface area contributed by atoms with Gasteiger partial charge in [-0.1, -0.05) is 47.5 Å². The van der Waals surface area contributed by atoms with Crippen LogP contribution in [0.1, 0.15) is 15.9 Å². The summed E-state index contributed by atoms with van der Waals surface area (Å²) < 4.78 is 43.1. The number of benzene rings is 3. The van der Waals surface area contributed by atoms with Crippen LogP contribution in [0.3, 0.4) is 0 Å². The van der Waals surface area contributed by atoms with Crippen molar-refractivity contribution in [1.29, 1.82) is 0 Å². The molecule has 7 heteroatoms. The number of ether oxygens (including phenoxy) is 1. The maximum absolute atomic E-state index is 12.6. The number of rotatable bonds is 2. The minimum atomic E-state index is -4.47. The molecule has 3 rings (SSSR count). The first kappa shape index (κ1) is 17.6. The van der Waals surface area contributed by atoms with E-state index in [1.54, 1.807) is 24.3 Å². The van der Waals surface area contributed by atoms with Crippen molar-refractivity contribution in [2.24, 2.45) is 0 Å². The Bertz CT molecular complexity index is 951. The third-order valence-corrected chi connectivity index (χ3v) is 4.14. The third kappa shape index (κ3) is 3.57. The summed E-state index contributed by atoms with van der Waals surface area (Å²) in [4.78, 5) is 12.3. The maximum Gasteiger partial charge on any atom is 0.416 e. The molecule has 0 aliphatic rings. The fourth-order valence-corrected chi connectivity index (χ4v) is 2.90. The van der Waals surface area contributed by atoms with Crippen LogP contribution in [0.25, 0.3) is 10.8 Å². The average Bonchev–Trinajstić information content (AvgIpc) is 2.58. The summed E-state index contributed by atoms with van der Waals surface area (Å²) in [7, 11) is 0. The van der Waals surface area contributed by atoms with E-state index in [0.717, 1.165) is 24.3 Å². The van der Waals surface area contributed by atoms with Gasteiger partial charge in [-0.05, 0) is 30.3 Å². The zero-order valence-corrected chi connectivity index (χ0v) is 13.9. The van der Waals surface area contributed by atoms with Crippen LogP contribution in [0.2, 0.25) is 10.0 Å². The van der Waals surface area contributed by atoms with E-state index >= 15 is 0 Å². The lowest BCUT2D eigenvalue weighted by Crippen LogP contribution is -2.10. The van der Waals surface area contributed by atoms with E-state index in [0.29, 0.717) is 15.8 Å². The number of hydrogen-bond acceptors (Lipinski definition) is 2. The predicted octanol–water partition coefficient (Wildman–Crippen LogP) is 6.38. The lowest BCUT2D eigenvalue weighted by Gasteiger charge is -2.12. The van der Waals surface area contributed by atoms with Crippen LogP contribution in [0.5, 0.6) is 5.75 Å². The molecule has 0 radical (unpaired) electrons. The molecular formula is C18H9Cl2F3O2. The topological polar surface area (TPSA) is 26.3 Å². The zero-order valence-electron chi connectivity index (χ0n) is 12.4. The van der Waals surface area contributed by atoms with Crippen molar-refractivity contribution in [3.63, 3.8) is 0 Å². The molecule has 128 valence electrons. The van der Waals surface area contributed by atoms with Crippen molar-refractivity contribution in [3.8, 4) is 5.75 Å². The molecule has 3 aromatic carbocycles.